The van der Waals surface area contributed by atoms with Crippen LogP contribution >= 0.6 is 11.6 Å². The minimum Gasteiger partial charge on any atom is -0.489 e. The number of nitrogens with one attached hydrogen (secondary N) is 1. The summed E-state index contributed by atoms with van der Waals surface area (Å²) >= 11 is 5.71. The maximum Gasteiger partial charge on any atom is 0.123 e. The average Bonchev–Trinajstić information content (AvgIpc) is 3.02. The van der Waals surface area contributed by atoms with E-state index in [1.165, 1.54) is 29.8 Å². The molecule has 4 nitrogen and oxygen atoms in total. The number of benzene rings is 3. The summed E-state index contributed by atoms with van der Waals surface area (Å²) in [4.78, 5) is 8.39. The summed E-state index contributed by atoms with van der Waals surface area (Å²) < 4.78 is 31.9. The summed E-state index contributed by atoms with van der Waals surface area (Å²) in [6.45, 7) is 1.53. The zero-order valence-corrected chi connectivity index (χ0v) is 23.2. The van der Waals surface area contributed by atoms with E-state index in [0.29, 0.717) is 5.88 Å². The number of para-hydroxylation sites is 1. The number of fused-ring (bicyclic) bond motifs is 1. The third-order valence-corrected chi connectivity index (χ3v) is 7.11. The lowest BCUT2D eigenvalue weighted by molar-refractivity contribution is 0.170. The fourth-order valence-corrected chi connectivity index (χ4v) is 4.79. The van der Waals surface area contributed by atoms with E-state index in [2.05, 4.69) is 33.5 Å². The van der Waals surface area contributed by atoms with Gasteiger partial charge in [0.25, 0.3) is 0 Å². The highest BCUT2D eigenvalue weighted by molar-refractivity contribution is 6.17. The van der Waals surface area contributed by atoms with Crippen molar-refractivity contribution < 1.29 is 13.5 Å². The Morgan fingerprint density at radius 3 is 1.95 bits per heavy atom. The largest absolute Gasteiger partial charge is 0.489 e. The summed E-state index contributed by atoms with van der Waals surface area (Å²) in [5, 5.41) is 3.47. The van der Waals surface area contributed by atoms with Gasteiger partial charge in [-0.05, 0) is 83.1 Å². The van der Waals surface area contributed by atoms with Crippen molar-refractivity contribution >= 4 is 11.6 Å². The molecule has 0 spiro atoms. The van der Waals surface area contributed by atoms with Gasteiger partial charge in [-0.15, -0.1) is 11.6 Å². The lowest BCUT2D eigenvalue weighted by Gasteiger charge is -2.26. The quantitative estimate of drug-likeness (QED) is 0.202. The first-order chi connectivity index (χ1) is 20.1. The molecule has 0 saturated carbocycles. The van der Waals surface area contributed by atoms with Crippen LogP contribution in [0.5, 0.6) is 5.75 Å². The minimum absolute atomic E-state index is 0.193. The van der Waals surface area contributed by atoms with Crippen molar-refractivity contribution in [2.75, 3.05) is 6.54 Å². The van der Waals surface area contributed by atoms with Crippen LogP contribution in [-0.2, 0) is 18.8 Å². The SMILES string of the molecule is Fc1ccc(-c2cncc(CCl)c2)cc1.Fc1ccc(-c2cncc(CNCC3CCc4ccccc4O3)c2)cc1. The molecule has 208 valence electrons. The average molecular weight is 570 g/mol. The number of ether oxygens (including phenoxy) is 1. The maximum atomic E-state index is 13.1. The first-order valence-corrected chi connectivity index (χ1v) is 14.0. The number of aryl methyl sites for hydroxylation is 1. The highest BCUT2D eigenvalue weighted by Crippen LogP contribution is 2.27. The maximum absolute atomic E-state index is 13.1. The van der Waals surface area contributed by atoms with Gasteiger partial charge in [-0.1, -0.05) is 42.5 Å². The molecule has 0 aliphatic carbocycles. The molecule has 1 aliphatic rings. The number of rotatable bonds is 7. The molecule has 3 aromatic carbocycles. The molecule has 41 heavy (non-hydrogen) atoms. The molecule has 0 radical (unpaired) electrons. The van der Waals surface area contributed by atoms with Gasteiger partial charge in [-0.25, -0.2) is 8.78 Å². The fraction of sp³-hybridized carbons (Fsp3) is 0.176. The van der Waals surface area contributed by atoms with Gasteiger partial charge in [0.1, 0.15) is 23.5 Å². The predicted octanol–water partition coefficient (Wildman–Crippen LogP) is 8.00. The molecule has 0 saturated heterocycles. The Kier molecular flexibility index (Phi) is 9.68. The molecule has 5 aromatic rings. The van der Waals surface area contributed by atoms with E-state index >= 15 is 0 Å². The van der Waals surface area contributed by atoms with Gasteiger partial charge in [0.2, 0.25) is 0 Å². The van der Waals surface area contributed by atoms with Gasteiger partial charge in [-0.2, -0.15) is 0 Å². The molecule has 0 amide bonds. The molecule has 0 bridgehead atoms. The predicted molar refractivity (Wildman–Crippen MR) is 160 cm³/mol. The van der Waals surface area contributed by atoms with Crippen LogP contribution < -0.4 is 10.1 Å². The van der Waals surface area contributed by atoms with Crippen LogP contribution in [0.1, 0.15) is 23.1 Å². The molecule has 1 unspecified atom stereocenters. The van der Waals surface area contributed by atoms with Crippen LogP contribution in [0, 0.1) is 11.6 Å². The van der Waals surface area contributed by atoms with Crippen molar-refractivity contribution in [2.24, 2.45) is 0 Å². The van der Waals surface area contributed by atoms with Gasteiger partial charge in [-0.3, -0.25) is 9.97 Å². The third-order valence-electron chi connectivity index (χ3n) is 6.80. The Morgan fingerprint density at radius 1 is 0.732 bits per heavy atom. The molecule has 2 aromatic heterocycles. The molecule has 6 rings (SSSR count). The Bertz CT molecular complexity index is 1560. The smallest absolute Gasteiger partial charge is 0.123 e. The second-order valence-corrected chi connectivity index (χ2v) is 10.1. The first kappa shape index (κ1) is 28.4. The van der Waals surface area contributed by atoms with E-state index < -0.39 is 0 Å². The number of halogens is 3. The zero-order chi connectivity index (χ0) is 28.4. The second kappa shape index (κ2) is 14.0. The highest BCUT2D eigenvalue weighted by Gasteiger charge is 2.18. The highest BCUT2D eigenvalue weighted by atomic mass is 35.5. The van der Waals surface area contributed by atoms with Crippen LogP contribution in [0.2, 0.25) is 0 Å². The zero-order valence-electron chi connectivity index (χ0n) is 22.4. The second-order valence-electron chi connectivity index (χ2n) is 9.83. The summed E-state index contributed by atoms with van der Waals surface area (Å²) in [7, 11) is 0. The molecule has 7 heteroatoms. The molecular weight excluding hydrogens is 540 g/mol. The van der Waals surface area contributed by atoms with Crippen LogP contribution in [0.15, 0.2) is 110 Å². The molecular formula is C34H30ClF2N3O. The molecule has 0 fully saturated rings. The Balaban J connectivity index is 0.000000191. The van der Waals surface area contributed by atoms with E-state index in [9.17, 15) is 8.78 Å². The number of aromatic nitrogens is 2. The van der Waals surface area contributed by atoms with Crippen molar-refractivity contribution in [1.82, 2.24) is 15.3 Å². The Morgan fingerprint density at radius 2 is 1.32 bits per heavy atom. The van der Waals surface area contributed by atoms with Crippen LogP contribution in [0.3, 0.4) is 0 Å². The van der Waals surface area contributed by atoms with Gasteiger partial charge in [0.05, 0.1) is 0 Å². The van der Waals surface area contributed by atoms with Crippen molar-refractivity contribution in [3.05, 3.63) is 138 Å². The summed E-state index contributed by atoms with van der Waals surface area (Å²) in [5.74, 6) is 0.974. The summed E-state index contributed by atoms with van der Waals surface area (Å²) in [6, 6.07) is 25.1. The van der Waals surface area contributed by atoms with Crippen molar-refractivity contribution in [3.8, 4) is 28.0 Å². The third kappa shape index (κ3) is 7.97. The number of hydrogen-bond donors (Lipinski definition) is 1. The monoisotopic (exact) mass is 569 g/mol. The molecule has 3 heterocycles. The Labute approximate surface area is 244 Å². The standard InChI is InChI=1S/C22H21FN2O.C12H9ClFN/c23-20-8-5-17(6-9-20)19-11-16(12-24-14-19)13-25-15-21-10-7-18-3-1-2-4-22(18)26-21;13-6-9-5-11(8-15-7-9)10-1-3-12(14)4-2-10/h1-6,8-9,11-12,14,21,25H,7,10,13,15H2;1-5,7-8H,6H2. The molecule has 1 atom stereocenters. The van der Waals surface area contributed by atoms with Crippen LogP contribution in [0.25, 0.3) is 22.3 Å². The van der Waals surface area contributed by atoms with E-state index in [4.69, 9.17) is 16.3 Å². The van der Waals surface area contributed by atoms with Crippen molar-refractivity contribution in [3.63, 3.8) is 0 Å². The lowest BCUT2D eigenvalue weighted by Crippen LogP contribution is -2.33. The minimum atomic E-state index is -0.236. The number of hydrogen-bond acceptors (Lipinski definition) is 4. The summed E-state index contributed by atoms with van der Waals surface area (Å²) in [6.07, 6.45) is 9.40. The van der Waals surface area contributed by atoms with Gasteiger partial charge < -0.3 is 10.1 Å². The topological polar surface area (TPSA) is 47.0 Å². The van der Waals surface area contributed by atoms with Crippen LogP contribution in [-0.4, -0.2) is 22.6 Å². The van der Waals surface area contributed by atoms with Gasteiger partial charge >= 0.3 is 0 Å². The normalized spacial score (nSPS) is 13.9. The fourth-order valence-electron chi connectivity index (χ4n) is 4.65. The molecule has 1 aliphatic heterocycles. The van der Waals surface area contributed by atoms with E-state index in [1.54, 1.807) is 42.9 Å². The lowest BCUT2D eigenvalue weighted by atomic mass is 10.0. The Hall–Kier alpha value is -4.13. The van der Waals surface area contributed by atoms with Crippen molar-refractivity contribution in [2.45, 2.75) is 31.4 Å². The molecule has 1 N–H and O–H groups in total. The van der Waals surface area contributed by atoms with E-state index in [-0.39, 0.29) is 17.7 Å². The number of pyridine rings is 2. The first-order valence-electron chi connectivity index (χ1n) is 13.5. The van der Waals surface area contributed by atoms with Crippen LogP contribution in [0.4, 0.5) is 8.78 Å². The van der Waals surface area contributed by atoms with Gasteiger partial charge in [0, 0.05) is 54.9 Å². The number of alkyl halides is 1. The van der Waals surface area contributed by atoms with Gasteiger partial charge in [0.15, 0.2) is 0 Å². The van der Waals surface area contributed by atoms with E-state index in [1.807, 2.05) is 24.4 Å². The van der Waals surface area contributed by atoms with E-state index in [0.717, 1.165) is 65.1 Å². The van der Waals surface area contributed by atoms with Crippen molar-refractivity contribution in [1.29, 1.82) is 0 Å². The number of nitrogens with zero attached hydrogens (tertiary/aromatic N) is 2. The summed E-state index contributed by atoms with van der Waals surface area (Å²) in [5.41, 5.74) is 7.20.